The van der Waals surface area contributed by atoms with E-state index in [4.69, 9.17) is 4.74 Å². The molecule has 0 rings (SSSR count). The topological polar surface area (TPSA) is 55.4 Å². The number of carbonyl (C=O) groups excluding carboxylic acids is 2. The van der Waals surface area contributed by atoms with Crippen LogP contribution in [0.3, 0.4) is 0 Å². The summed E-state index contributed by atoms with van der Waals surface area (Å²) in [4.78, 5) is 21.3. The third-order valence-electron chi connectivity index (χ3n) is 1.22. The highest BCUT2D eigenvalue weighted by Crippen LogP contribution is 1.76. The van der Waals surface area contributed by atoms with Gasteiger partial charge in [-0.25, -0.2) is 0 Å². The van der Waals surface area contributed by atoms with Crippen LogP contribution in [0.4, 0.5) is 0 Å². The number of hydrogen-bond donors (Lipinski definition) is 1. The van der Waals surface area contributed by atoms with Gasteiger partial charge in [-0.2, -0.15) is 0 Å². The molecular formula is C9H15NO3. The van der Waals surface area contributed by atoms with E-state index in [1.165, 1.54) is 19.1 Å². The lowest BCUT2D eigenvalue weighted by Crippen LogP contribution is -2.25. The van der Waals surface area contributed by atoms with Crippen LogP contribution in [0, 0.1) is 0 Å². The number of allylic oxidation sites excluding steroid dienone is 1. The average molecular weight is 185 g/mol. The van der Waals surface area contributed by atoms with E-state index in [-0.39, 0.29) is 11.7 Å². The van der Waals surface area contributed by atoms with Gasteiger partial charge in [-0.1, -0.05) is 0 Å². The van der Waals surface area contributed by atoms with E-state index in [1.54, 1.807) is 0 Å². The van der Waals surface area contributed by atoms with Gasteiger partial charge in [-0.05, 0) is 19.9 Å². The summed E-state index contributed by atoms with van der Waals surface area (Å²) in [6, 6.07) is 0. The maximum atomic E-state index is 10.9. The van der Waals surface area contributed by atoms with Gasteiger partial charge in [-0.3, -0.25) is 9.59 Å². The highest BCUT2D eigenvalue weighted by molar-refractivity contribution is 5.96. The zero-order valence-corrected chi connectivity index (χ0v) is 8.00. The Morgan fingerprint density at radius 2 is 2.08 bits per heavy atom. The molecular weight excluding hydrogens is 170 g/mol. The Hall–Kier alpha value is -1.16. The summed E-state index contributed by atoms with van der Waals surface area (Å²) in [6.07, 6.45) is 2.45. The lowest BCUT2D eigenvalue weighted by molar-refractivity contribution is -0.117. The van der Waals surface area contributed by atoms with Crippen LogP contribution < -0.4 is 5.32 Å². The summed E-state index contributed by atoms with van der Waals surface area (Å²) in [6.45, 7) is 4.88. The predicted molar refractivity (Wildman–Crippen MR) is 49.3 cm³/mol. The van der Waals surface area contributed by atoms with Gasteiger partial charge in [0.25, 0.3) is 0 Å². The first-order chi connectivity index (χ1) is 6.16. The van der Waals surface area contributed by atoms with Crippen LogP contribution in [-0.2, 0) is 14.3 Å². The molecule has 0 saturated heterocycles. The molecule has 0 aliphatic rings. The van der Waals surface area contributed by atoms with Crippen LogP contribution in [0.2, 0.25) is 0 Å². The molecule has 0 atom stereocenters. The first-order valence-electron chi connectivity index (χ1n) is 4.21. The summed E-state index contributed by atoms with van der Waals surface area (Å²) < 4.78 is 5.00. The number of ether oxygens (including phenoxy) is 1. The monoisotopic (exact) mass is 185 g/mol. The molecule has 13 heavy (non-hydrogen) atoms. The summed E-state index contributed by atoms with van der Waals surface area (Å²) in [5.74, 6) is -0.408. The Labute approximate surface area is 78.0 Å². The zero-order chi connectivity index (χ0) is 10.1. The standard InChI is InChI=1S/C9H15NO3/c1-3-13-7-6-10-9(12)5-4-8(2)11/h4-5H,3,6-7H2,1-2H3,(H,10,12)/b5-4+. The molecule has 0 aromatic heterocycles. The minimum Gasteiger partial charge on any atom is -0.380 e. The van der Waals surface area contributed by atoms with E-state index >= 15 is 0 Å². The van der Waals surface area contributed by atoms with Crippen molar-refractivity contribution in [3.63, 3.8) is 0 Å². The molecule has 0 saturated carbocycles. The molecule has 1 N–H and O–H groups in total. The van der Waals surface area contributed by atoms with Crippen LogP contribution in [0.1, 0.15) is 13.8 Å². The normalized spacial score (nSPS) is 10.3. The number of hydrogen-bond acceptors (Lipinski definition) is 3. The molecule has 4 heteroatoms. The van der Waals surface area contributed by atoms with Gasteiger partial charge < -0.3 is 10.1 Å². The summed E-state index contributed by atoms with van der Waals surface area (Å²) in [5.41, 5.74) is 0. The number of rotatable bonds is 6. The molecule has 0 unspecified atom stereocenters. The van der Waals surface area contributed by atoms with E-state index in [0.717, 1.165) is 0 Å². The minimum atomic E-state index is -0.269. The van der Waals surface area contributed by atoms with Gasteiger partial charge >= 0.3 is 0 Å². The first kappa shape index (κ1) is 11.8. The highest BCUT2D eigenvalue weighted by atomic mass is 16.5. The zero-order valence-electron chi connectivity index (χ0n) is 8.00. The average Bonchev–Trinajstić information content (AvgIpc) is 2.09. The third kappa shape index (κ3) is 8.75. The van der Waals surface area contributed by atoms with Crippen LogP contribution in [0.15, 0.2) is 12.2 Å². The number of ketones is 1. The van der Waals surface area contributed by atoms with E-state index in [9.17, 15) is 9.59 Å². The second-order valence-corrected chi connectivity index (χ2v) is 2.43. The van der Waals surface area contributed by atoms with Gasteiger partial charge in [0.2, 0.25) is 5.91 Å². The lowest BCUT2D eigenvalue weighted by Gasteiger charge is -2.01. The highest BCUT2D eigenvalue weighted by Gasteiger charge is 1.93. The van der Waals surface area contributed by atoms with Crippen molar-refractivity contribution in [3.05, 3.63) is 12.2 Å². The van der Waals surface area contributed by atoms with Crippen molar-refractivity contribution in [2.24, 2.45) is 0 Å². The van der Waals surface area contributed by atoms with Gasteiger partial charge in [0.15, 0.2) is 5.78 Å². The van der Waals surface area contributed by atoms with Crippen molar-refractivity contribution < 1.29 is 14.3 Å². The van der Waals surface area contributed by atoms with Crippen LogP contribution in [0.25, 0.3) is 0 Å². The smallest absolute Gasteiger partial charge is 0.244 e. The second kappa shape index (κ2) is 7.49. The van der Waals surface area contributed by atoms with Crippen LogP contribution in [-0.4, -0.2) is 31.4 Å². The molecule has 0 aliphatic carbocycles. The van der Waals surface area contributed by atoms with Crippen molar-refractivity contribution >= 4 is 11.7 Å². The summed E-state index contributed by atoms with van der Waals surface area (Å²) >= 11 is 0. The second-order valence-electron chi connectivity index (χ2n) is 2.43. The molecule has 0 aromatic rings. The molecule has 4 nitrogen and oxygen atoms in total. The number of nitrogens with one attached hydrogen (secondary N) is 1. The molecule has 0 spiro atoms. The minimum absolute atomic E-state index is 0.139. The van der Waals surface area contributed by atoms with E-state index in [0.29, 0.717) is 19.8 Å². The predicted octanol–water partition coefficient (Wildman–Crippen LogP) is 0.284. The Bertz CT molecular complexity index is 199. The maximum absolute atomic E-state index is 10.9. The van der Waals surface area contributed by atoms with Crippen molar-refractivity contribution in [2.75, 3.05) is 19.8 Å². The molecule has 0 heterocycles. The molecule has 0 aromatic carbocycles. The number of amides is 1. The summed E-state index contributed by atoms with van der Waals surface area (Å²) in [5, 5.41) is 2.57. The Morgan fingerprint density at radius 3 is 2.62 bits per heavy atom. The van der Waals surface area contributed by atoms with Crippen molar-refractivity contribution in [1.29, 1.82) is 0 Å². The Morgan fingerprint density at radius 1 is 1.38 bits per heavy atom. The fraction of sp³-hybridized carbons (Fsp3) is 0.556. The molecule has 74 valence electrons. The molecule has 0 aliphatic heterocycles. The summed E-state index contributed by atoms with van der Waals surface area (Å²) in [7, 11) is 0. The Balaban J connectivity index is 3.46. The fourth-order valence-electron chi connectivity index (χ4n) is 0.643. The van der Waals surface area contributed by atoms with Gasteiger partial charge in [0.05, 0.1) is 6.61 Å². The third-order valence-corrected chi connectivity index (χ3v) is 1.22. The van der Waals surface area contributed by atoms with E-state index in [1.807, 2.05) is 6.92 Å². The largest absolute Gasteiger partial charge is 0.380 e. The van der Waals surface area contributed by atoms with Crippen LogP contribution in [0.5, 0.6) is 0 Å². The van der Waals surface area contributed by atoms with E-state index in [2.05, 4.69) is 5.32 Å². The molecule has 0 fully saturated rings. The number of carbonyl (C=O) groups is 2. The van der Waals surface area contributed by atoms with Crippen molar-refractivity contribution in [3.8, 4) is 0 Å². The van der Waals surface area contributed by atoms with Gasteiger partial charge in [-0.15, -0.1) is 0 Å². The lowest BCUT2D eigenvalue weighted by atomic mass is 10.4. The fourth-order valence-corrected chi connectivity index (χ4v) is 0.643. The van der Waals surface area contributed by atoms with Gasteiger partial charge in [0, 0.05) is 19.2 Å². The first-order valence-corrected chi connectivity index (χ1v) is 4.21. The van der Waals surface area contributed by atoms with Crippen LogP contribution >= 0.6 is 0 Å². The SMILES string of the molecule is CCOCCNC(=O)/C=C/C(C)=O. The quantitative estimate of drug-likeness (QED) is 0.478. The van der Waals surface area contributed by atoms with E-state index < -0.39 is 0 Å². The van der Waals surface area contributed by atoms with Crippen molar-refractivity contribution in [2.45, 2.75) is 13.8 Å². The van der Waals surface area contributed by atoms with Gasteiger partial charge in [0.1, 0.15) is 0 Å². The maximum Gasteiger partial charge on any atom is 0.244 e. The molecule has 0 bridgehead atoms. The molecule has 0 radical (unpaired) electrons. The molecule has 1 amide bonds. The Kier molecular flexibility index (Phi) is 6.82. The van der Waals surface area contributed by atoms with Crippen molar-refractivity contribution in [1.82, 2.24) is 5.32 Å².